The molecule has 1 aliphatic rings. The number of aryl methyl sites for hydroxylation is 1. The maximum Gasteiger partial charge on any atom is 0.101 e. The first-order valence-electron chi connectivity index (χ1n) is 4.76. The molecule has 1 aliphatic carbocycles. The van der Waals surface area contributed by atoms with Crippen LogP contribution in [0.25, 0.3) is 0 Å². The van der Waals surface area contributed by atoms with Crippen molar-refractivity contribution >= 4 is 0 Å². The first-order chi connectivity index (χ1) is 6.30. The van der Waals surface area contributed by atoms with Crippen LogP contribution in [0.3, 0.4) is 0 Å². The lowest BCUT2D eigenvalue weighted by atomic mass is 9.68. The highest BCUT2D eigenvalue weighted by Gasteiger charge is 2.40. The van der Waals surface area contributed by atoms with Gasteiger partial charge >= 0.3 is 0 Å². The normalized spacial score (nSPS) is 19.1. The zero-order valence-corrected chi connectivity index (χ0v) is 7.82. The second-order valence-corrected chi connectivity index (χ2v) is 3.60. The molecule has 3 heteroatoms. The zero-order valence-electron chi connectivity index (χ0n) is 7.82. The summed E-state index contributed by atoms with van der Waals surface area (Å²) >= 11 is 0. The van der Waals surface area contributed by atoms with Crippen LogP contribution in [0.4, 0.5) is 0 Å². The lowest BCUT2D eigenvalue weighted by molar-refractivity contribution is 0.313. The number of hydrogen-bond acceptors (Lipinski definition) is 2. The van der Waals surface area contributed by atoms with Crippen LogP contribution in [0.1, 0.15) is 31.9 Å². The van der Waals surface area contributed by atoms with Gasteiger partial charge in [0.2, 0.25) is 0 Å². The smallest absolute Gasteiger partial charge is 0.101 e. The van der Waals surface area contributed by atoms with Gasteiger partial charge in [0.25, 0.3) is 0 Å². The lowest BCUT2D eigenvalue weighted by Gasteiger charge is -2.33. The van der Waals surface area contributed by atoms with Crippen LogP contribution < -0.4 is 0 Å². The summed E-state index contributed by atoms with van der Waals surface area (Å²) in [6.45, 7) is 2.93. The summed E-state index contributed by atoms with van der Waals surface area (Å²) in [7, 11) is 0. The van der Waals surface area contributed by atoms with Crippen LogP contribution in [0.2, 0.25) is 0 Å². The van der Waals surface area contributed by atoms with Crippen LogP contribution in [0, 0.1) is 11.3 Å². The monoisotopic (exact) mass is 175 g/mol. The topological polar surface area (TPSA) is 41.6 Å². The maximum absolute atomic E-state index is 9.07. The molecular weight excluding hydrogens is 162 g/mol. The molecule has 1 aromatic heterocycles. The van der Waals surface area contributed by atoms with Crippen LogP contribution in [0.5, 0.6) is 0 Å². The van der Waals surface area contributed by atoms with Gasteiger partial charge in [0, 0.05) is 12.7 Å². The summed E-state index contributed by atoms with van der Waals surface area (Å²) in [5.74, 6) is 0. The van der Waals surface area contributed by atoms with Crippen molar-refractivity contribution < 1.29 is 0 Å². The molecule has 0 aliphatic heterocycles. The fraction of sp³-hybridized carbons (Fsp3) is 0.600. The summed E-state index contributed by atoms with van der Waals surface area (Å²) in [5.41, 5.74) is 0.712. The van der Waals surface area contributed by atoms with Crippen LogP contribution in [0.15, 0.2) is 12.3 Å². The number of hydrogen-bond donors (Lipinski definition) is 0. The number of aromatic nitrogens is 2. The van der Waals surface area contributed by atoms with Gasteiger partial charge in [-0.25, -0.2) is 0 Å². The van der Waals surface area contributed by atoms with Gasteiger partial charge in [-0.3, -0.25) is 4.68 Å². The average molecular weight is 175 g/mol. The van der Waals surface area contributed by atoms with Crippen LogP contribution in [-0.2, 0) is 12.0 Å². The molecule has 68 valence electrons. The molecule has 2 rings (SSSR count). The van der Waals surface area contributed by atoms with E-state index in [2.05, 4.69) is 18.1 Å². The summed E-state index contributed by atoms with van der Waals surface area (Å²) in [6, 6.07) is 4.37. The van der Waals surface area contributed by atoms with E-state index in [-0.39, 0.29) is 5.41 Å². The molecule has 1 aromatic rings. The Morgan fingerprint density at radius 2 is 2.46 bits per heavy atom. The molecule has 1 fully saturated rings. The molecule has 13 heavy (non-hydrogen) atoms. The SMILES string of the molecule is CCn1ccc(C2(C#N)CCC2)n1. The first kappa shape index (κ1) is 8.31. The van der Waals surface area contributed by atoms with Crippen LogP contribution >= 0.6 is 0 Å². The zero-order chi connectivity index (χ0) is 9.31. The average Bonchev–Trinajstić information content (AvgIpc) is 2.52. The second-order valence-electron chi connectivity index (χ2n) is 3.60. The third kappa shape index (κ3) is 1.14. The van der Waals surface area contributed by atoms with Gasteiger partial charge in [0.15, 0.2) is 0 Å². The van der Waals surface area contributed by atoms with Crippen molar-refractivity contribution in [3.63, 3.8) is 0 Å². The first-order valence-corrected chi connectivity index (χ1v) is 4.76. The summed E-state index contributed by atoms with van der Waals surface area (Å²) in [4.78, 5) is 0. The quantitative estimate of drug-likeness (QED) is 0.688. The fourth-order valence-corrected chi connectivity index (χ4v) is 1.75. The summed E-state index contributed by atoms with van der Waals surface area (Å²) < 4.78 is 1.88. The van der Waals surface area contributed by atoms with Gasteiger partial charge in [-0.1, -0.05) is 0 Å². The van der Waals surface area contributed by atoms with Crippen molar-refractivity contribution in [3.8, 4) is 6.07 Å². The Balaban J connectivity index is 2.29. The van der Waals surface area contributed by atoms with E-state index in [1.807, 2.05) is 16.9 Å². The Kier molecular flexibility index (Phi) is 1.84. The largest absolute Gasteiger partial charge is 0.273 e. The third-order valence-corrected chi connectivity index (χ3v) is 2.88. The van der Waals surface area contributed by atoms with E-state index in [1.54, 1.807) is 0 Å². The summed E-state index contributed by atoms with van der Waals surface area (Å²) in [5, 5.41) is 13.5. The molecule has 0 saturated heterocycles. The van der Waals surface area contributed by atoms with E-state index in [9.17, 15) is 0 Å². The van der Waals surface area contributed by atoms with Gasteiger partial charge in [-0.05, 0) is 32.3 Å². The van der Waals surface area contributed by atoms with E-state index >= 15 is 0 Å². The molecule has 0 bridgehead atoms. The second kappa shape index (κ2) is 2.88. The molecule has 1 saturated carbocycles. The van der Waals surface area contributed by atoms with Crippen molar-refractivity contribution in [2.24, 2.45) is 0 Å². The Morgan fingerprint density at radius 1 is 1.69 bits per heavy atom. The van der Waals surface area contributed by atoms with Gasteiger partial charge in [-0.15, -0.1) is 0 Å². The predicted molar refractivity (Wildman–Crippen MR) is 49.0 cm³/mol. The lowest BCUT2D eigenvalue weighted by Crippen LogP contribution is -2.32. The number of nitrogens with zero attached hydrogens (tertiary/aromatic N) is 3. The molecule has 3 nitrogen and oxygen atoms in total. The van der Waals surface area contributed by atoms with E-state index in [0.29, 0.717) is 0 Å². The van der Waals surface area contributed by atoms with Crippen molar-refractivity contribution in [2.45, 2.75) is 38.1 Å². The summed E-state index contributed by atoms with van der Waals surface area (Å²) in [6.07, 6.45) is 5.06. The predicted octanol–water partition coefficient (Wildman–Crippen LogP) is 1.85. The Hall–Kier alpha value is -1.30. The van der Waals surface area contributed by atoms with Gasteiger partial charge in [-0.2, -0.15) is 10.4 Å². The molecule has 0 unspecified atom stereocenters. The molecule has 0 radical (unpaired) electrons. The third-order valence-electron chi connectivity index (χ3n) is 2.88. The Morgan fingerprint density at radius 3 is 2.85 bits per heavy atom. The molecule has 0 spiro atoms. The van der Waals surface area contributed by atoms with Crippen molar-refractivity contribution in [1.29, 1.82) is 5.26 Å². The van der Waals surface area contributed by atoms with E-state index in [4.69, 9.17) is 5.26 Å². The highest BCUT2D eigenvalue weighted by Crippen LogP contribution is 2.42. The molecule has 0 amide bonds. The highest BCUT2D eigenvalue weighted by molar-refractivity contribution is 5.28. The van der Waals surface area contributed by atoms with E-state index in [1.165, 1.54) is 0 Å². The van der Waals surface area contributed by atoms with Crippen molar-refractivity contribution in [1.82, 2.24) is 9.78 Å². The highest BCUT2D eigenvalue weighted by atomic mass is 15.3. The van der Waals surface area contributed by atoms with Gasteiger partial charge in [0.05, 0.1) is 11.8 Å². The standard InChI is InChI=1S/C10H13N3/c1-2-13-7-4-9(12-13)10(8-11)5-3-6-10/h4,7H,2-3,5-6H2,1H3. The molecule has 1 heterocycles. The minimum absolute atomic E-state index is 0.250. The van der Waals surface area contributed by atoms with Gasteiger partial charge < -0.3 is 0 Å². The molecular formula is C10H13N3. The van der Waals surface area contributed by atoms with E-state index in [0.717, 1.165) is 31.5 Å². The molecule has 0 atom stereocenters. The maximum atomic E-state index is 9.07. The van der Waals surface area contributed by atoms with Crippen LogP contribution in [-0.4, -0.2) is 9.78 Å². The minimum atomic E-state index is -0.250. The molecule has 0 aromatic carbocycles. The minimum Gasteiger partial charge on any atom is -0.273 e. The fourth-order valence-electron chi connectivity index (χ4n) is 1.75. The molecule has 0 N–H and O–H groups in total. The Bertz CT molecular complexity index is 341. The van der Waals surface area contributed by atoms with E-state index < -0.39 is 0 Å². The number of nitriles is 1. The number of rotatable bonds is 2. The Labute approximate surface area is 78.0 Å². The van der Waals surface area contributed by atoms with Gasteiger partial charge in [0.1, 0.15) is 5.41 Å². The van der Waals surface area contributed by atoms with Crippen molar-refractivity contribution in [3.05, 3.63) is 18.0 Å². The van der Waals surface area contributed by atoms with Crippen molar-refractivity contribution in [2.75, 3.05) is 0 Å².